The number of halogens is 2. The van der Waals surface area contributed by atoms with E-state index in [1.807, 2.05) is 25.3 Å². The predicted octanol–water partition coefficient (Wildman–Crippen LogP) is 4.70. The van der Waals surface area contributed by atoms with Crippen LogP contribution in [0.3, 0.4) is 0 Å². The molecule has 2 rings (SSSR count). The van der Waals surface area contributed by atoms with Gasteiger partial charge in [0.05, 0.1) is 18.7 Å². The van der Waals surface area contributed by atoms with E-state index in [-0.39, 0.29) is 5.92 Å². The van der Waals surface area contributed by atoms with Crippen molar-refractivity contribution in [1.82, 2.24) is 19.9 Å². The number of carbonyl (C=O) groups excluding carboxylic acids is 1. The van der Waals surface area contributed by atoms with Crippen LogP contribution in [0.1, 0.15) is 48.8 Å². The van der Waals surface area contributed by atoms with Gasteiger partial charge in [-0.3, -0.25) is 9.78 Å². The Balaban J connectivity index is 2.11. The lowest BCUT2D eigenvalue weighted by Gasteiger charge is -2.15. The summed E-state index contributed by atoms with van der Waals surface area (Å²) in [5.41, 5.74) is 3.39. The summed E-state index contributed by atoms with van der Waals surface area (Å²) in [6, 6.07) is 4.05. The summed E-state index contributed by atoms with van der Waals surface area (Å²) in [6.45, 7) is 7.40. The van der Waals surface area contributed by atoms with E-state index >= 15 is 0 Å². The number of aryl methyl sites for hydroxylation is 2. The molecule has 2 heterocycles. The number of pyridine rings is 1. The topological polar surface area (TPSA) is 68.2 Å². The molecular weight excluding hydrogens is 402 g/mol. The van der Waals surface area contributed by atoms with Crippen molar-refractivity contribution in [2.45, 2.75) is 46.5 Å². The summed E-state index contributed by atoms with van der Waals surface area (Å²) >= 11 is 0. The molecule has 0 fully saturated rings. The molecule has 0 aromatic carbocycles. The molecule has 6 nitrogen and oxygen atoms in total. The molecule has 0 saturated carbocycles. The van der Waals surface area contributed by atoms with E-state index in [1.54, 1.807) is 32.2 Å². The Kier molecular flexibility index (Phi) is 9.24. The van der Waals surface area contributed by atoms with E-state index in [2.05, 4.69) is 21.9 Å². The zero-order valence-electron chi connectivity index (χ0n) is 18.3. The summed E-state index contributed by atoms with van der Waals surface area (Å²) in [5.74, 6) is 1.17. The normalized spacial score (nSPS) is 12.9. The third-order valence-electron chi connectivity index (χ3n) is 4.65. The Morgan fingerprint density at radius 1 is 1.23 bits per heavy atom. The maximum Gasteiger partial charge on any atom is 0.256 e. The minimum atomic E-state index is -2.62. The molecule has 2 aromatic rings. The second kappa shape index (κ2) is 11.9. The second-order valence-electron chi connectivity index (χ2n) is 7.19. The molecule has 0 radical (unpaired) electrons. The quantitative estimate of drug-likeness (QED) is 0.382. The zero-order valence-corrected chi connectivity index (χ0v) is 18.3. The van der Waals surface area contributed by atoms with E-state index in [9.17, 15) is 13.6 Å². The molecule has 0 saturated heterocycles. The van der Waals surface area contributed by atoms with Crippen LogP contribution in [0.2, 0.25) is 0 Å². The lowest BCUT2D eigenvalue weighted by atomic mass is 10.0. The first-order chi connectivity index (χ1) is 14.8. The predicted molar refractivity (Wildman–Crippen MR) is 116 cm³/mol. The van der Waals surface area contributed by atoms with Gasteiger partial charge in [0.2, 0.25) is 12.3 Å². The number of allylic oxidation sites excluding steroid dienone is 3. The van der Waals surface area contributed by atoms with Crippen LogP contribution < -0.4 is 4.74 Å². The number of hydrogen-bond acceptors (Lipinski definition) is 5. The third-order valence-corrected chi connectivity index (χ3v) is 4.65. The van der Waals surface area contributed by atoms with Crippen LogP contribution in [0, 0.1) is 13.8 Å². The fourth-order valence-electron chi connectivity index (χ4n) is 2.82. The van der Waals surface area contributed by atoms with Gasteiger partial charge < -0.3 is 9.64 Å². The molecule has 1 atom stereocenters. The highest BCUT2D eigenvalue weighted by atomic mass is 19.3. The number of hydrogen-bond donors (Lipinski definition) is 0. The third kappa shape index (κ3) is 7.55. The fraction of sp³-hybridized carbons (Fsp3) is 0.391. The van der Waals surface area contributed by atoms with Crippen molar-refractivity contribution in [1.29, 1.82) is 0 Å². The Labute approximate surface area is 181 Å². The van der Waals surface area contributed by atoms with Crippen molar-refractivity contribution < 1.29 is 18.3 Å². The minimum absolute atomic E-state index is 0.212. The SMILES string of the molecule is C/C=C(\C=C/N(C=O)CC(F)F)c1cnc(C)nc1OCCC(C)c1ccc(C)cn1. The van der Waals surface area contributed by atoms with Crippen LogP contribution in [0.15, 0.2) is 42.9 Å². The van der Waals surface area contributed by atoms with Gasteiger partial charge in [-0.05, 0) is 50.5 Å². The summed E-state index contributed by atoms with van der Waals surface area (Å²) in [7, 11) is 0. The monoisotopic (exact) mass is 430 g/mol. The highest BCUT2D eigenvalue weighted by Crippen LogP contribution is 2.26. The lowest BCUT2D eigenvalue weighted by molar-refractivity contribution is -0.117. The Bertz CT molecular complexity index is 914. The fourth-order valence-corrected chi connectivity index (χ4v) is 2.82. The molecule has 0 bridgehead atoms. The molecule has 1 amide bonds. The summed E-state index contributed by atoms with van der Waals surface area (Å²) in [5, 5.41) is 0. The van der Waals surface area contributed by atoms with Gasteiger partial charge in [0.1, 0.15) is 5.82 Å². The van der Waals surface area contributed by atoms with Gasteiger partial charge in [-0.1, -0.05) is 19.1 Å². The van der Waals surface area contributed by atoms with Crippen LogP contribution >= 0.6 is 0 Å². The molecule has 0 aliphatic carbocycles. The Morgan fingerprint density at radius 3 is 2.61 bits per heavy atom. The molecule has 1 unspecified atom stereocenters. The first kappa shape index (κ1) is 24.1. The first-order valence-corrected chi connectivity index (χ1v) is 10.1. The summed E-state index contributed by atoms with van der Waals surface area (Å²) < 4.78 is 31.1. The van der Waals surface area contributed by atoms with Crippen molar-refractivity contribution in [3.05, 3.63) is 65.5 Å². The van der Waals surface area contributed by atoms with Crippen molar-refractivity contribution in [2.75, 3.05) is 13.2 Å². The number of rotatable bonds is 11. The van der Waals surface area contributed by atoms with E-state index in [4.69, 9.17) is 4.74 Å². The smallest absolute Gasteiger partial charge is 0.256 e. The second-order valence-corrected chi connectivity index (χ2v) is 7.19. The van der Waals surface area contributed by atoms with Gasteiger partial charge in [0.25, 0.3) is 6.43 Å². The zero-order chi connectivity index (χ0) is 22.8. The number of ether oxygens (including phenoxy) is 1. The molecule has 0 N–H and O–H groups in total. The average Bonchev–Trinajstić information content (AvgIpc) is 2.74. The maximum absolute atomic E-state index is 12.6. The molecule has 2 aromatic heterocycles. The van der Waals surface area contributed by atoms with Gasteiger partial charge in [-0.2, -0.15) is 4.98 Å². The lowest BCUT2D eigenvalue weighted by Crippen LogP contribution is -2.21. The van der Waals surface area contributed by atoms with Crippen molar-refractivity contribution in [2.24, 2.45) is 0 Å². The van der Waals surface area contributed by atoms with Crippen molar-refractivity contribution in [3.8, 4) is 5.88 Å². The number of amides is 1. The number of alkyl halides is 2. The molecule has 0 aliphatic rings. The first-order valence-electron chi connectivity index (χ1n) is 10.1. The minimum Gasteiger partial charge on any atom is -0.477 e. The average molecular weight is 430 g/mol. The van der Waals surface area contributed by atoms with Crippen LogP contribution in [-0.2, 0) is 4.79 Å². The highest BCUT2D eigenvalue weighted by Gasteiger charge is 2.13. The van der Waals surface area contributed by atoms with Crippen LogP contribution in [0.4, 0.5) is 8.78 Å². The number of nitrogens with zero attached hydrogens (tertiary/aromatic N) is 4. The highest BCUT2D eigenvalue weighted by molar-refractivity contribution is 5.76. The molecule has 31 heavy (non-hydrogen) atoms. The van der Waals surface area contributed by atoms with Crippen LogP contribution in [0.5, 0.6) is 5.88 Å². The van der Waals surface area contributed by atoms with Gasteiger partial charge in [0, 0.05) is 30.2 Å². The van der Waals surface area contributed by atoms with Gasteiger partial charge in [0.15, 0.2) is 0 Å². The number of aromatic nitrogens is 3. The van der Waals surface area contributed by atoms with E-state index in [0.717, 1.165) is 22.6 Å². The summed E-state index contributed by atoms with van der Waals surface area (Å²) in [4.78, 5) is 25.0. The molecule has 8 heteroatoms. The van der Waals surface area contributed by atoms with Gasteiger partial charge in [-0.25, -0.2) is 13.8 Å². The Hall–Kier alpha value is -3.16. The largest absolute Gasteiger partial charge is 0.477 e. The van der Waals surface area contributed by atoms with E-state index in [1.165, 1.54) is 6.20 Å². The van der Waals surface area contributed by atoms with Crippen molar-refractivity contribution >= 4 is 12.0 Å². The molecule has 0 aliphatic heterocycles. The van der Waals surface area contributed by atoms with E-state index in [0.29, 0.717) is 35.9 Å². The summed E-state index contributed by atoms with van der Waals surface area (Å²) in [6.07, 6.45) is 6.62. The van der Waals surface area contributed by atoms with Gasteiger partial charge >= 0.3 is 0 Å². The number of carbonyl (C=O) groups is 1. The maximum atomic E-state index is 12.6. The van der Waals surface area contributed by atoms with Crippen LogP contribution in [0.25, 0.3) is 5.57 Å². The molecule has 166 valence electrons. The van der Waals surface area contributed by atoms with Crippen LogP contribution in [-0.4, -0.2) is 45.8 Å². The molecular formula is C23H28F2N4O2. The standard InChI is InChI=1S/C23H28F2N4O2/c1-5-19(8-10-29(15-30)14-22(24)25)20-13-26-18(4)28-23(20)31-11-9-17(3)21-7-6-16(2)12-27-21/h5-8,10,12-13,15,17,22H,9,11,14H2,1-4H3/b10-8-,19-5+. The van der Waals surface area contributed by atoms with Gasteiger partial charge in [-0.15, -0.1) is 0 Å². The van der Waals surface area contributed by atoms with Crippen molar-refractivity contribution in [3.63, 3.8) is 0 Å². The van der Waals surface area contributed by atoms with E-state index < -0.39 is 13.0 Å². The Morgan fingerprint density at radius 2 is 2.00 bits per heavy atom. The molecule has 0 spiro atoms.